The van der Waals surface area contributed by atoms with Crippen LogP contribution in [0.1, 0.15) is 20.8 Å². The third kappa shape index (κ3) is 2.54. The van der Waals surface area contributed by atoms with E-state index < -0.39 is 0 Å². The Balaban J connectivity index is 2.90. The molecule has 13 heavy (non-hydrogen) atoms. The van der Waals surface area contributed by atoms with E-state index in [2.05, 4.69) is 15.3 Å². The largest absolute Gasteiger partial charge is 0.352 e. The molecule has 1 aromatic rings. The third-order valence-corrected chi connectivity index (χ3v) is 1.53. The maximum absolute atomic E-state index is 11.2. The van der Waals surface area contributed by atoms with Gasteiger partial charge in [-0.1, -0.05) is 0 Å². The topological polar surface area (TPSA) is 59.8 Å². The van der Waals surface area contributed by atoms with Gasteiger partial charge >= 0.3 is 5.69 Å². The minimum Gasteiger partial charge on any atom is -0.352 e. The van der Waals surface area contributed by atoms with Crippen molar-refractivity contribution in [1.29, 1.82) is 0 Å². The number of nitrogens with one attached hydrogen (secondary N) is 1. The van der Waals surface area contributed by atoms with Crippen LogP contribution in [0.4, 0.5) is 5.95 Å². The fourth-order valence-corrected chi connectivity index (χ4v) is 0.902. The maximum atomic E-state index is 11.2. The van der Waals surface area contributed by atoms with Crippen molar-refractivity contribution in [2.24, 2.45) is 0 Å². The van der Waals surface area contributed by atoms with Crippen LogP contribution < -0.4 is 11.0 Å². The fraction of sp³-hybridized carbons (Fsp3) is 0.625. The molecule has 1 N–H and O–H groups in total. The zero-order valence-electron chi connectivity index (χ0n) is 8.11. The molecule has 5 heteroatoms. The Morgan fingerprint density at radius 2 is 2.31 bits per heavy atom. The van der Waals surface area contributed by atoms with Crippen LogP contribution in [0.15, 0.2) is 11.1 Å². The Kier molecular flexibility index (Phi) is 3.00. The molecule has 0 aliphatic heterocycles. The monoisotopic (exact) mass is 182 g/mol. The third-order valence-electron chi connectivity index (χ3n) is 1.53. The van der Waals surface area contributed by atoms with E-state index in [1.165, 1.54) is 10.9 Å². The average molecular weight is 182 g/mol. The molecular weight excluding hydrogens is 168 g/mol. The van der Waals surface area contributed by atoms with Gasteiger partial charge in [0.15, 0.2) is 0 Å². The average Bonchev–Trinajstić information content (AvgIpc) is 2.03. The molecule has 5 nitrogen and oxygen atoms in total. The van der Waals surface area contributed by atoms with Crippen LogP contribution in [0.3, 0.4) is 0 Å². The molecular formula is C8H14N4O. The predicted octanol–water partition coefficient (Wildman–Crippen LogP) is 0.478. The van der Waals surface area contributed by atoms with Crippen LogP contribution in [0.2, 0.25) is 0 Å². The second kappa shape index (κ2) is 4.02. The van der Waals surface area contributed by atoms with Crippen LogP contribution in [0.5, 0.6) is 0 Å². The van der Waals surface area contributed by atoms with E-state index in [0.29, 0.717) is 12.5 Å². The van der Waals surface area contributed by atoms with Crippen molar-refractivity contribution < 1.29 is 0 Å². The molecule has 0 saturated carbocycles. The summed E-state index contributed by atoms with van der Waals surface area (Å²) in [5.41, 5.74) is -0.263. The van der Waals surface area contributed by atoms with E-state index in [1.807, 2.05) is 20.8 Å². The first-order chi connectivity index (χ1) is 6.13. The summed E-state index contributed by atoms with van der Waals surface area (Å²) in [6, 6.07) is 0.233. The molecule has 0 fully saturated rings. The molecule has 72 valence electrons. The van der Waals surface area contributed by atoms with E-state index >= 15 is 0 Å². The van der Waals surface area contributed by atoms with Crippen molar-refractivity contribution >= 4 is 5.95 Å². The van der Waals surface area contributed by atoms with Gasteiger partial charge in [-0.25, -0.2) is 9.78 Å². The molecule has 1 rings (SSSR count). The van der Waals surface area contributed by atoms with Gasteiger partial charge in [0, 0.05) is 12.6 Å². The van der Waals surface area contributed by atoms with Gasteiger partial charge in [-0.3, -0.25) is 4.57 Å². The second-order valence-corrected chi connectivity index (χ2v) is 3.05. The van der Waals surface area contributed by atoms with Crippen molar-refractivity contribution in [3.63, 3.8) is 0 Å². The molecule has 0 atom stereocenters. The zero-order chi connectivity index (χ0) is 9.84. The highest BCUT2D eigenvalue weighted by atomic mass is 16.1. The normalized spacial score (nSPS) is 10.5. The lowest BCUT2D eigenvalue weighted by Gasteiger charge is -2.07. The Morgan fingerprint density at radius 3 is 2.77 bits per heavy atom. The van der Waals surface area contributed by atoms with Gasteiger partial charge in [-0.15, -0.1) is 0 Å². The van der Waals surface area contributed by atoms with E-state index in [-0.39, 0.29) is 11.7 Å². The van der Waals surface area contributed by atoms with Gasteiger partial charge in [0.2, 0.25) is 5.95 Å². The van der Waals surface area contributed by atoms with Crippen LogP contribution in [0.25, 0.3) is 0 Å². The van der Waals surface area contributed by atoms with Gasteiger partial charge in [-0.2, -0.15) is 4.98 Å². The van der Waals surface area contributed by atoms with E-state index in [1.54, 1.807) is 0 Å². The summed E-state index contributed by atoms with van der Waals surface area (Å²) in [6.45, 7) is 6.41. The summed E-state index contributed by atoms with van der Waals surface area (Å²) in [7, 11) is 0. The highest BCUT2D eigenvalue weighted by Gasteiger charge is 2.00. The molecule has 1 aromatic heterocycles. The minimum atomic E-state index is -0.263. The number of anilines is 1. The standard InChI is InChI=1S/C8H14N4O/c1-4-12-5-9-7(10-6(2)3)11-8(12)13/h5-6H,4H2,1-3H3,(H,10,11,13). The van der Waals surface area contributed by atoms with Crippen LogP contribution >= 0.6 is 0 Å². The Hall–Kier alpha value is -1.39. The first kappa shape index (κ1) is 9.70. The molecule has 0 amide bonds. The molecule has 0 bridgehead atoms. The van der Waals surface area contributed by atoms with E-state index in [4.69, 9.17) is 0 Å². The van der Waals surface area contributed by atoms with Crippen molar-refractivity contribution in [3.8, 4) is 0 Å². The van der Waals surface area contributed by atoms with Gasteiger partial charge in [0.1, 0.15) is 6.33 Å². The zero-order valence-corrected chi connectivity index (χ0v) is 8.11. The number of aryl methyl sites for hydroxylation is 1. The highest BCUT2D eigenvalue weighted by molar-refractivity contribution is 5.21. The van der Waals surface area contributed by atoms with Crippen LogP contribution in [-0.2, 0) is 6.54 Å². The Morgan fingerprint density at radius 1 is 1.62 bits per heavy atom. The number of hydrogen-bond acceptors (Lipinski definition) is 4. The van der Waals surface area contributed by atoms with Gasteiger partial charge in [0.05, 0.1) is 0 Å². The molecule has 1 heterocycles. The Bertz CT molecular complexity index is 331. The number of aromatic nitrogens is 3. The molecule has 0 aliphatic rings. The summed E-state index contributed by atoms with van der Waals surface area (Å²) in [4.78, 5) is 19.0. The number of nitrogens with zero attached hydrogens (tertiary/aromatic N) is 3. The second-order valence-electron chi connectivity index (χ2n) is 3.05. The quantitative estimate of drug-likeness (QED) is 0.738. The van der Waals surface area contributed by atoms with Crippen LogP contribution in [0, 0.1) is 0 Å². The lowest BCUT2D eigenvalue weighted by molar-refractivity contribution is 0.673. The molecule has 0 aliphatic carbocycles. The number of rotatable bonds is 3. The summed E-state index contributed by atoms with van der Waals surface area (Å²) < 4.78 is 1.45. The van der Waals surface area contributed by atoms with Gasteiger partial charge < -0.3 is 5.32 Å². The summed E-state index contributed by atoms with van der Waals surface area (Å²) in [5.74, 6) is 0.393. The molecule has 0 saturated heterocycles. The van der Waals surface area contributed by atoms with Crippen LogP contribution in [-0.4, -0.2) is 20.6 Å². The highest BCUT2D eigenvalue weighted by Crippen LogP contribution is 1.94. The molecule has 0 spiro atoms. The van der Waals surface area contributed by atoms with Crippen molar-refractivity contribution in [2.45, 2.75) is 33.4 Å². The van der Waals surface area contributed by atoms with Crippen molar-refractivity contribution in [3.05, 3.63) is 16.8 Å². The lowest BCUT2D eigenvalue weighted by atomic mass is 10.4. The summed E-state index contributed by atoms with van der Waals surface area (Å²) >= 11 is 0. The maximum Gasteiger partial charge on any atom is 0.352 e. The fourth-order valence-electron chi connectivity index (χ4n) is 0.902. The summed E-state index contributed by atoms with van der Waals surface area (Å²) in [6.07, 6.45) is 1.50. The first-order valence-corrected chi connectivity index (χ1v) is 4.33. The predicted molar refractivity (Wildman–Crippen MR) is 50.7 cm³/mol. The smallest absolute Gasteiger partial charge is 0.352 e. The van der Waals surface area contributed by atoms with E-state index in [9.17, 15) is 4.79 Å². The molecule has 0 aromatic carbocycles. The lowest BCUT2D eigenvalue weighted by Crippen LogP contribution is -2.25. The van der Waals surface area contributed by atoms with Crippen molar-refractivity contribution in [2.75, 3.05) is 5.32 Å². The Labute approximate surface area is 76.8 Å². The SMILES string of the molecule is CCn1cnc(NC(C)C)nc1=O. The van der Waals surface area contributed by atoms with E-state index in [0.717, 1.165) is 0 Å². The van der Waals surface area contributed by atoms with Gasteiger partial charge in [0.25, 0.3) is 0 Å². The van der Waals surface area contributed by atoms with Crippen molar-refractivity contribution in [1.82, 2.24) is 14.5 Å². The summed E-state index contributed by atoms with van der Waals surface area (Å²) in [5, 5.41) is 2.96. The first-order valence-electron chi connectivity index (χ1n) is 4.33. The molecule has 0 radical (unpaired) electrons. The van der Waals surface area contributed by atoms with Gasteiger partial charge in [-0.05, 0) is 20.8 Å². The minimum absolute atomic E-state index is 0.233. The number of hydrogen-bond donors (Lipinski definition) is 1. The molecule has 0 unspecified atom stereocenters.